The van der Waals surface area contributed by atoms with Crippen LogP contribution in [0.5, 0.6) is 5.75 Å². The Morgan fingerprint density at radius 2 is 1.23 bits per heavy atom. The Hall–Kier alpha value is -2.58. The lowest BCUT2D eigenvalue weighted by Crippen LogP contribution is -2.14. The summed E-state index contributed by atoms with van der Waals surface area (Å²) in [5, 5.41) is 0. The second kappa shape index (κ2) is 5.66. The number of halogens is 7. The summed E-state index contributed by atoms with van der Waals surface area (Å²) >= 11 is 0. The number of carbonyl (C=O) groups is 1. The van der Waals surface area contributed by atoms with Crippen molar-refractivity contribution >= 4 is 5.97 Å². The SMILES string of the molecule is O=C(Oc1c(F)c(F)c(F)c(F)c1F)c1ccc(F)c(F)c1. The Kier molecular flexibility index (Phi) is 4.07. The molecule has 0 saturated heterocycles. The fraction of sp³-hybridized carbons (Fsp3) is 0. The van der Waals surface area contributed by atoms with Crippen molar-refractivity contribution in [3.05, 3.63) is 64.5 Å². The maximum Gasteiger partial charge on any atom is 0.343 e. The maximum absolute atomic E-state index is 13.3. The van der Waals surface area contributed by atoms with Crippen LogP contribution in [0.1, 0.15) is 10.4 Å². The molecular weight excluding hydrogens is 321 g/mol. The molecule has 0 N–H and O–H groups in total. The van der Waals surface area contributed by atoms with E-state index in [0.717, 1.165) is 0 Å². The van der Waals surface area contributed by atoms with Gasteiger partial charge in [-0.2, -0.15) is 8.78 Å². The number of rotatable bonds is 2. The van der Waals surface area contributed by atoms with Crippen molar-refractivity contribution in [1.29, 1.82) is 0 Å². The lowest BCUT2D eigenvalue weighted by Gasteiger charge is -2.09. The summed E-state index contributed by atoms with van der Waals surface area (Å²) in [5.41, 5.74) is -0.692. The Labute approximate surface area is 117 Å². The molecule has 0 aliphatic rings. The summed E-state index contributed by atoms with van der Waals surface area (Å²) in [6.45, 7) is 0. The first-order valence-electron chi connectivity index (χ1n) is 5.42. The quantitative estimate of drug-likeness (QED) is 0.275. The van der Waals surface area contributed by atoms with Crippen LogP contribution in [-0.4, -0.2) is 5.97 Å². The van der Waals surface area contributed by atoms with E-state index in [-0.39, 0.29) is 0 Å². The zero-order valence-corrected chi connectivity index (χ0v) is 10.2. The van der Waals surface area contributed by atoms with Gasteiger partial charge in [-0.1, -0.05) is 0 Å². The maximum atomic E-state index is 13.3. The van der Waals surface area contributed by atoms with Gasteiger partial charge in [0, 0.05) is 0 Å². The Balaban J connectivity index is 2.42. The number of benzene rings is 2. The molecule has 0 unspecified atom stereocenters. The molecule has 0 spiro atoms. The lowest BCUT2D eigenvalue weighted by atomic mass is 10.2. The molecule has 0 saturated carbocycles. The van der Waals surface area contributed by atoms with Crippen LogP contribution in [-0.2, 0) is 0 Å². The van der Waals surface area contributed by atoms with Crippen molar-refractivity contribution in [1.82, 2.24) is 0 Å². The van der Waals surface area contributed by atoms with Crippen LogP contribution in [0, 0.1) is 40.7 Å². The molecule has 0 bridgehead atoms. The van der Waals surface area contributed by atoms with E-state index >= 15 is 0 Å². The topological polar surface area (TPSA) is 26.3 Å². The predicted molar refractivity (Wildman–Crippen MR) is 57.5 cm³/mol. The number of hydrogen-bond acceptors (Lipinski definition) is 2. The van der Waals surface area contributed by atoms with E-state index in [1.54, 1.807) is 0 Å². The molecule has 0 atom stereocenters. The third kappa shape index (κ3) is 2.61. The summed E-state index contributed by atoms with van der Waals surface area (Å²) in [6, 6.07) is 1.56. The molecule has 0 aromatic heterocycles. The lowest BCUT2D eigenvalue weighted by molar-refractivity contribution is 0.0715. The van der Waals surface area contributed by atoms with Crippen LogP contribution in [0.4, 0.5) is 30.7 Å². The van der Waals surface area contributed by atoms with Crippen molar-refractivity contribution in [3.8, 4) is 5.75 Å². The van der Waals surface area contributed by atoms with Crippen molar-refractivity contribution in [3.63, 3.8) is 0 Å². The fourth-order valence-electron chi connectivity index (χ4n) is 1.45. The highest BCUT2D eigenvalue weighted by atomic mass is 19.2. The Morgan fingerprint density at radius 1 is 0.727 bits per heavy atom. The van der Waals surface area contributed by atoms with E-state index in [9.17, 15) is 35.5 Å². The van der Waals surface area contributed by atoms with Crippen molar-refractivity contribution in [2.24, 2.45) is 0 Å². The molecule has 2 nitrogen and oxygen atoms in total. The number of carbonyl (C=O) groups excluding carboxylic acids is 1. The van der Waals surface area contributed by atoms with Crippen LogP contribution < -0.4 is 4.74 Å². The molecule has 0 amide bonds. The van der Waals surface area contributed by atoms with Gasteiger partial charge in [0.25, 0.3) is 0 Å². The molecule has 9 heteroatoms. The predicted octanol–water partition coefficient (Wildman–Crippen LogP) is 3.88. The van der Waals surface area contributed by atoms with E-state index in [1.165, 1.54) is 0 Å². The molecule has 22 heavy (non-hydrogen) atoms. The number of esters is 1. The van der Waals surface area contributed by atoms with E-state index in [0.29, 0.717) is 18.2 Å². The fourth-order valence-corrected chi connectivity index (χ4v) is 1.45. The molecule has 2 aromatic carbocycles. The highest BCUT2D eigenvalue weighted by molar-refractivity contribution is 5.91. The summed E-state index contributed by atoms with van der Waals surface area (Å²) in [5.74, 6) is -18.0. The molecule has 0 heterocycles. The second-order valence-corrected chi connectivity index (χ2v) is 3.92. The first-order chi connectivity index (χ1) is 10.2. The van der Waals surface area contributed by atoms with Gasteiger partial charge in [-0.05, 0) is 18.2 Å². The number of hydrogen-bond donors (Lipinski definition) is 0. The minimum absolute atomic E-state index is 0.337. The zero-order chi connectivity index (χ0) is 16.6. The van der Waals surface area contributed by atoms with E-state index < -0.39 is 58.0 Å². The standard InChI is InChI=1S/C13H3F7O2/c14-5-2-1-4(3-6(5)15)13(21)22-12-10(19)8(17)7(16)9(18)11(12)20/h1-3H. The smallest absolute Gasteiger partial charge is 0.343 e. The molecule has 0 radical (unpaired) electrons. The van der Waals surface area contributed by atoms with E-state index in [2.05, 4.69) is 4.74 Å². The molecule has 2 rings (SSSR count). The van der Waals surface area contributed by atoms with Crippen LogP contribution in [0.3, 0.4) is 0 Å². The van der Waals surface area contributed by atoms with Crippen LogP contribution in [0.25, 0.3) is 0 Å². The normalized spacial score (nSPS) is 10.7. The van der Waals surface area contributed by atoms with Gasteiger partial charge in [0.05, 0.1) is 5.56 Å². The molecule has 2 aromatic rings. The van der Waals surface area contributed by atoms with Gasteiger partial charge in [0.1, 0.15) is 0 Å². The van der Waals surface area contributed by atoms with Gasteiger partial charge in [-0.15, -0.1) is 0 Å². The first kappa shape index (κ1) is 15.8. The van der Waals surface area contributed by atoms with E-state index in [4.69, 9.17) is 0 Å². The highest BCUT2D eigenvalue weighted by Gasteiger charge is 2.29. The molecule has 116 valence electrons. The van der Waals surface area contributed by atoms with E-state index in [1.807, 2.05) is 0 Å². The summed E-state index contributed by atoms with van der Waals surface area (Å²) < 4.78 is 94.8. The minimum atomic E-state index is -2.43. The van der Waals surface area contributed by atoms with Gasteiger partial charge >= 0.3 is 5.97 Å². The summed E-state index contributed by atoms with van der Waals surface area (Å²) in [4.78, 5) is 11.5. The van der Waals surface area contributed by atoms with Crippen molar-refractivity contribution in [2.75, 3.05) is 0 Å². The van der Waals surface area contributed by atoms with Gasteiger partial charge in [-0.25, -0.2) is 26.7 Å². The Bertz CT molecular complexity index is 744. The average Bonchev–Trinajstić information content (AvgIpc) is 2.50. The third-order valence-electron chi connectivity index (χ3n) is 2.52. The van der Waals surface area contributed by atoms with Crippen LogP contribution >= 0.6 is 0 Å². The molecule has 0 aliphatic carbocycles. The van der Waals surface area contributed by atoms with Gasteiger partial charge in [-0.3, -0.25) is 0 Å². The zero-order valence-electron chi connectivity index (χ0n) is 10.2. The van der Waals surface area contributed by atoms with Gasteiger partial charge < -0.3 is 4.74 Å². The van der Waals surface area contributed by atoms with Crippen molar-refractivity contribution in [2.45, 2.75) is 0 Å². The van der Waals surface area contributed by atoms with Crippen LogP contribution in [0.15, 0.2) is 18.2 Å². The second-order valence-electron chi connectivity index (χ2n) is 3.92. The largest absolute Gasteiger partial charge is 0.416 e. The summed E-state index contributed by atoms with van der Waals surface area (Å²) in [7, 11) is 0. The third-order valence-corrected chi connectivity index (χ3v) is 2.52. The molecule has 0 fully saturated rings. The van der Waals surface area contributed by atoms with Gasteiger partial charge in [0.2, 0.25) is 34.8 Å². The first-order valence-corrected chi connectivity index (χ1v) is 5.42. The van der Waals surface area contributed by atoms with Gasteiger partial charge in [0.15, 0.2) is 11.6 Å². The van der Waals surface area contributed by atoms with Crippen LogP contribution in [0.2, 0.25) is 0 Å². The monoisotopic (exact) mass is 324 g/mol. The molecular formula is C13H3F7O2. The highest BCUT2D eigenvalue weighted by Crippen LogP contribution is 2.29. The minimum Gasteiger partial charge on any atom is -0.416 e. The Morgan fingerprint density at radius 3 is 1.73 bits per heavy atom. The summed E-state index contributed by atoms with van der Waals surface area (Å²) in [6.07, 6.45) is 0. The molecule has 0 aliphatic heterocycles. The number of ether oxygens (including phenoxy) is 1. The van der Waals surface area contributed by atoms with Crippen molar-refractivity contribution < 1.29 is 40.3 Å². The average molecular weight is 324 g/mol.